The highest BCUT2D eigenvalue weighted by Gasteiger charge is 2.55. The number of benzene rings is 3. The Morgan fingerprint density at radius 3 is 2.56 bits per heavy atom. The van der Waals surface area contributed by atoms with Crippen LogP contribution in [0.15, 0.2) is 36.4 Å². The fourth-order valence-corrected chi connectivity index (χ4v) is 8.59. The maximum Gasteiger partial charge on any atom is 0.308 e. The van der Waals surface area contributed by atoms with E-state index < -0.39 is 18.1 Å². The van der Waals surface area contributed by atoms with Crippen molar-refractivity contribution >= 4 is 11.9 Å². The minimum Gasteiger partial charge on any atom is -0.504 e. The minimum absolute atomic E-state index is 0.00128. The van der Waals surface area contributed by atoms with Gasteiger partial charge in [0, 0.05) is 47.8 Å². The highest BCUT2D eigenvalue weighted by molar-refractivity contribution is 5.79. The number of phenols is 1. The topological polar surface area (TPSA) is 134 Å². The number of ether oxygens (including phenoxy) is 4. The zero-order chi connectivity index (χ0) is 33.9. The van der Waals surface area contributed by atoms with Gasteiger partial charge in [0.2, 0.25) is 12.7 Å². The molecule has 1 saturated heterocycles. The summed E-state index contributed by atoms with van der Waals surface area (Å²) in [6.07, 6.45) is 1.95. The molecule has 2 N–H and O–H groups in total. The van der Waals surface area contributed by atoms with E-state index in [1.807, 2.05) is 51.2 Å². The first kappa shape index (κ1) is 31.8. The fourth-order valence-electron chi connectivity index (χ4n) is 8.59. The molecule has 2 unspecified atom stereocenters. The number of rotatable bonds is 6. The largest absolute Gasteiger partial charge is 0.504 e. The van der Waals surface area contributed by atoms with Gasteiger partial charge in [-0.15, -0.1) is 0 Å². The van der Waals surface area contributed by atoms with Gasteiger partial charge in [-0.05, 0) is 56.8 Å². The van der Waals surface area contributed by atoms with Crippen LogP contribution >= 0.6 is 0 Å². The van der Waals surface area contributed by atoms with Crippen LogP contribution in [0, 0.1) is 25.2 Å². The number of aryl methyl sites for hydroxylation is 2. The maximum absolute atomic E-state index is 13.4. The zero-order valence-corrected chi connectivity index (χ0v) is 27.8. The molecule has 0 spiro atoms. The van der Waals surface area contributed by atoms with Gasteiger partial charge in [0.05, 0.1) is 31.7 Å². The summed E-state index contributed by atoms with van der Waals surface area (Å²) in [6.45, 7) is 5.30. The number of fused-ring (bicyclic) bond motifs is 9. The van der Waals surface area contributed by atoms with E-state index >= 15 is 0 Å². The third kappa shape index (κ3) is 5.02. The summed E-state index contributed by atoms with van der Waals surface area (Å²) in [5.74, 6) is 1.33. The lowest BCUT2D eigenvalue weighted by Crippen LogP contribution is -2.66. The number of amides is 1. The molecule has 3 aromatic rings. The van der Waals surface area contributed by atoms with E-state index in [0.717, 1.165) is 33.4 Å². The average molecular weight is 653 g/mol. The van der Waals surface area contributed by atoms with Gasteiger partial charge in [-0.3, -0.25) is 19.4 Å². The number of carbonyl (C=O) groups is 2. The van der Waals surface area contributed by atoms with Crippen LogP contribution in [-0.4, -0.2) is 72.4 Å². The molecule has 250 valence electrons. The van der Waals surface area contributed by atoms with Gasteiger partial charge in [-0.1, -0.05) is 36.4 Å². The van der Waals surface area contributed by atoms with Gasteiger partial charge in [-0.25, -0.2) is 0 Å². The van der Waals surface area contributed by atoms with Crippen LogP contribution < -0.4 is 24.3 Å². The Bertz CT molecular complexity index is 1840. The Morgan fingerprint density at radius 1 is 1.10 bits per heavy atom. The van der Waals surface area contributed by atoms with Crippen molar-refractivity contribution in [3.8, 4) is 34.8 Å². The van der Waals surface area contributed by atoms with E-state index in [-0.39, 0.29) is 49.5 Å². The fraction of sp³-hybridized carbons (Fsp3) is 0.432. The quantitative estimate of drug-likeness (QED) is 0.295. The van der Waals surface area contributed by atoms with E-state index in [2.05, 4.69) is 27.3 Å². The summed E-state index contributed by atoms with van der Waals surface area (Å²) >= 11 is 0. The van der Waals surface area contributed by atoms with Gasteiger partial charge < -0.3 is 29.4 Å². The predicted molar refractivity (Wildman–Crippen MR) is 175 cm³/mol. The van der Waals surface area contributed by atoms with Gasteiger partial charge >= 0.3 is 5.97 Å². The molecule has 4 heterocycles. The number of nitrogens with zero attached hydrogens (tertiary/aromatic N) is 3. The summed E-state index contributed by atoms with van der Waals surface area (Å²) in [5, 5.41) is 25.9. The Morgan fingerprint density at radius 2 is 1.85 bits per heavy atom. The molecule has 0 aromatic heterocycles. The van der Waals surface area contributed by atoms with Gasteiger partial charge in [-0.2, -0.15) is 5.26 Å². The summed E-state index contributed by atoms with van der Waals surface area (Å²) < 4.78 is 23.7. The number of nitrogens with one attached hydrogen (secondary N) is 1. The van der Waals surface area contributed by atoms with Crippen molar-refractivity contribution in [3.05, 3.63) is 75.3 Å². The first-order chi connectivity index (χ1) is 23.1. The number of nitriles is 1. The molecule has 1 fully saturated rings. The van der Waals surface area contributed by atoms with Crippen molar-refractivity contribution in [2.24, 2.45) is 0 Å². The van der Waals surface area contributed by atoms with E-state index in [4.69, 9.17) is 18.9 Å². The van der Waals surface area contributed by atoms with Crippen molar-refractivity contribution in [2.45, 2.75) is 76.7 Å². The summed E-state index contributed by atoms with van der Waals surface area (Å²) in [4.78, 5) is 30.4. The molecule has 0 radical (unpaired) electrons. The number of hydrogen-bond acceptors (Lipinski definition) is 10. The number of hydrogen-bond donors (Lipinski definition) is 2. The predicted octanol–water partition coefficient (Wildman–Crippen LogP) is 4.19. The molecule has 3 aromatic carbocycles. The molecule has 1 amide bonds. The number of aromatic hydroxyl groups is 1. The van der Waals surface area contributed by atoms with Crippen LogP contribution in [0.1, 0.15) is 64.4 Å². The molecule has 11 heteroatoms. The number of likely N-dealkylation sites (N-methyl/N-ethyl adjacent to an activating group) is 1. The molecule has 0 aliphatic carbocycles. The number of esters is 1. The minimum atomic E-state index is -0.559. The third-order valence-corrected chi connectivity index (χ3v) is 10.5. The highest BCUT2D eigenvalue weighted by atomic mass is 16.7. The molecule has 11 nitrogen and oxygen atoms in total. The summed E-state index contributed by atoms with van der Waals surface area (Å²) in [6, 6.07) is 12.3. The summed E-state index contributed by atoms with van der Waals surface area (Å²) in [5.41, 5.74) is 5.68. The van der Waals surface area contributed by atoms with Crippen LogP contribution in [0.4, 0.5) is 0 Å². The average Bonchev–Trinajstić information content (AvgIpc) is 3.52. The Kier molecular flexibility index (Phi) is 8.17. The van der Waals surface area contributed by atoms with Crippen LogP contribution in [0.5, 0.6) is 28.7 Å². The van der Waals surface area contributed by atoms with Crippen LogP contribution in [-0.2, 0) is 28.9 Å². The first-order valence-corrected chi connectivity index (χ1v) is 16.4. The highest BCUT2D eigenvalue weighted by Crippen LogP contribution is 2.57. The van der Waals surface area contributed by atoms with Crippen molar-refractivity contribution in [3.63, 3.8) is 0 Å². The van der Waals surface area contributed by atoms with E-state index in [9.17, 15) is 20.0 Å². The molecule has 7 rings (SSSR count). The summed E-state index contributed by atoms with van der Waals surface area (Å²) in [7, 11) is 3.57. The molecule has 5 atom stereocenters. The normalized spacial score (nSPS) is 24.0. The lowest BCUT2D eigenvalue weighted by atomic mass is 9.76. The number of methoxy groups -OCH3 is 1. The van der Waals surface area contributed by atoms with Gasteiger partial charge in [0.15, 0.2) is 23.0 Å². The SMILES string of the molecule is COc1c(C)cc2c(c1O)[C@@H]1C3Cc4c(OC(C)=O)c(C)c5c(c4[C@H](CNC(=O)Cc4ccccc4)N3C(C#N)[C@H](CC2)N1C)OCO5. The Hall–Kier alpha value is -4.79. The lowest BCUT2D eigenvalue weighted by molar-refractivity contribution is -0.132. The van der Waals surface area contributed by atoms with Crippen LogP contribution in [0.2, 0.25) is 0 Å². The van der Waals surface area contributed by atoms with Crippen LogP contribution in [0.3, 0.4) is 0 Å². The Labute approximate surface area is 279 Å². The van der Waals surface area contributed by atoms with Crippen molar-refractivity contribution in [1.29, 1.82) is 5.26 Å². The number of piperazine rings is 1. The Balaban J connectivity index is 1.42. The molecular weight excluding hydrogens is 612 g/mol. The molecular formula is C37H40N4O7. The van der Waals surface area contributed by atoms with E-state index in [1.54, 1.807) is 7.11 Å². The van der Waals surface area contributed by atoms with Gasteiger partial charge in [0.1, 0.15) is 11.8 Å². The smallest absolute Gasteiger partial charge is 0.308 e. The second-order valence-electron chi connectivity index (χ2n) is 13.1. The van der Waals surface area contributed by atoms with E-state index in [0.29, 0.717) is 47.8 Å². The third-order valence-electron chi connectivity index (χ3n) is 10.5. The molecule has 4 aliphatic heterocycles. The van der Waals surface area contributed by atoms with E-state index in [1.165, 1.54) is 6.92 Å². The van der Waals surface area contributed by atoms with Crippen LogP contribution in [0.25, 0.3) is 0 Å². The second kappa shape index (κ2) is 12.3. The first-order valence-electron chi connectivity index (χ1n) is 16.4. The number of carbonyl (C=O) groups excluding carboxylic acids is 2. The lowest BCUT2D eigenvalue weighted by Gasteiger charge is -2.57. The maximum atomic E-state index is 13.4. The number of phenolic OH excluding ortho intramolecular Hbond substituents is 1. The second-order valence-corrected chi connectivity index (χ2v) is 13.1. The standard InChI is InChI=1S/C37H40N4O7/c1-19-13-23-11-12-25-27(16-38)41-26(32(40(25)4)30(23)33(44)34(19)45-5)15-24-31(28(41)17-39-29(43)14-22-9-7-6-8-10-22)37-36(46-18-47-37)20(2)35(24)48-21(3)42/h6-10,13,25-28,32,44H,11-12,14-15,17-18H2,1-5H3,(H,39,43)/t25-,26?,27?,28-,32-/m0/s1. The van der Waals surface area contributed by atoms with Crippen molar-refractivity contribution in [2.75, 3.05) is 27.5 Å². The molecule has 2 bridgehead atoms. The van der Waals surface area contributed by atoms with Gasteiger partial charge in [0.25, 0.3) is 0 Å². The molecule has 4 aliphatic rings. The molecule has 48 heavy (non-hydrogen) atoms. The zero-order valence-electron chi connectivity index (χ0n) is 27.8. The van der Waals surface area contributed by atoms with Crippen molar-refractivity contribution in [1.82, 2.24) is 15.1 Å². The van der Waals surface area contributed by atoms with Crippen molar-refractivity contribution < 1.29 is 33.6 Å². The monoisotopic (exact) mass is 652 g/mol. The molecule has 0 saturated carbocycles.